The Kier molecular flexibility index (Phi) is 4.25. The van der Waals surface area contributed by atoms with Gasteiger partial charge in [0, 0.05) is 31.1 Å². The molecular formula is C9H10BrN3S2. The van der Waals surface area contributed by atoms with Crippen LogP contribution in [0.5, 0.6) is 0 Å². The summed E-state index contributed by atoms with van der Waals surface area (Å²) in [7, 11) is 0. The third-order valence-electron chi connectivity index (χ3n) is 1.80. The zero-order chi connectivity index (χ0) is 10.5. The second kappa shape index (κ2) is 5.69. The molecule has 0 amide bonds. The minimum Gasteiger partial charge on any atom is -0.310 e. The number of rotatable bonds is 5. The molecule has 0 saturated heterocycles. The Hall–Kier alpha value is -0.300. The van der Waals surface area contributed by atoms with E-state index in [0.29, 0.717) is 0 Å². The van der Waals surface area contributed by atoms with Crippen molar-refractivity contribution < 1.29 is 0 Å². The van der Waals surface area contributed by atoms with Crippen molar-refractivity contribution in [2.24, 2.45) is 0 Å². The highest BCUT2D eigenvalue weighted by Gasteiger charge is 1.99. The summed E-state index contributed by atoms with van der Waals surface area (Å²) < 4.78 is 1.08. The molecule has 2 rings (SSSR count). The van der Waals surface area contributed by atoms with Crippen LogP contribution in [0.3, 0.4) is 0 Å². The maximum Gasteiger partial charge on any atom is 0.107 e. The molecule has 0 fully saturated rings. The molecule has 0 radical (unpaired) electrons. The van der Waals surface area contributed by atoms with Crippen LogP contribution in [0.25, 0.3) is 0 Å². The molecule has 6 heteroatoms. The molecule has 0 bridgehead atoms. The lowest BCUT2D eigenvalue weighted by molar-refractivity contribution is 0.682. The predicted octanol–water partition coefficient (Wildman–Crippen LogP) is 2.69. The Balaban J connectivity index is 1.67. The van der Waals surface area contributed by atoms with E-state index in [-0.39, 0.29) is 0 Å². The first kappa shape index (κ1) is 11.2. The van der Waals surface area contributed by atoms with E-state index in [1.165, 1.54) is 5.01 Å². The molecule has 0 spiro atoms. The van der Waals surface area contributed by atoms with Gasteiger partial charge in [0.05, 0.1) is 15.0 Å². The van der Waals surface area contributed by atoms with Gasteiger partial charge in [-0.25, -0.2) is 9.97 Å². The Bertz CT molecular complexity index is 399. The van der Waals surface area contributed by atoms with Crippen LogP contribution in [0.2, 0.25) is 0 Å². The lowest BCUT2D eigenvalue weighted by Gasteiger charge is -1.99. The SMILES string of the molecule is Brc1cnc(CNCCc2nccs2)s1. The van der Waals surface area contributed by atoms with Gasteiger partial charge < -0.3 is 5.32 Å². The maximum absolute atomic E-state index is 4.25. The lowest BCUT2D eigenvalue weighted by Crippen LogP contribution is -2.16. The summed E-state index contributed by atoms with van der Waals surface area (Å²) in [4.78, 5) is 8.47. The highest BCUT2D eigenvalue weighted by molar-refractivity contribution is 9.11. The molecule has 0 aliphatic rings. The van der Waals surface area contributed by atoms with Gasteiger partial charge in [-0.2, -0.15) is 0 Å². The molecule has 2 aromatic heterocycles. The van der Waals surface area contributed by atoms with Crippen molar-refractivity contribution in [1.82, 2.24) is 15.3 Å². The highest BCUT2D eigenvalue weighted by atomic mass is 79.9. The average molecular weight is 304 g/mol. The number of nitrogens with zero attached hydrogens (tertiary/aromatic N) is 2. The van der Waals surface area contributed by atoms with E-state index in [0.717, 1.165) is 28.3 Å². The molecule has 0 aliphatic carbocycles. The van der Waals surface area contributed by atoms with Gasteiger partial charge in [-0.15, -0.1) is 22.7 Å². The summed E-state index contributed by atoms with van der Waals surface area (Å²) in [5.41, 5.74) is 0. The fraction of sp³-hybridized carbons (Fsp3) is 0.333. The smallest absolute Gasteiger partial charge is 0.107 e. The molecule has 0 unspecified atom stereocenters. The second-order valence-electron chi connectivity index (χ2n) is 2.91. The van der Waals surface area contributed by atoms with E-state index in [1.54, 1.807) is 22.7 Å². The summed E-state index contributed by atoms with van der Waals surface area (Å²) in [5.74, 6) is 0. The highest BCUT2D eigenvalue weighted by Crippen LogP contribution is 2.18. The van der Waals surface area contributed by atoms with Crippen molar-refractivity contribution in [3.63, 3.8) is 0 Å². The van der Waals surface area contributed by atoms with Gasteiger partial charge >= 0.3 is 0 Å². The van der Waals surface area contributed by atoms with Crippen LogP contribution in [-0.4, -0.2) is 16.5 Å². The number of nitrogens with one attached hydrogen (secondary N) is 1. The molecule has 2 aromatic rings. The molecule has 0 atom stereocenters. The van der Waals surface area contributed by atoms with Gasteiger partial charge in [0.2, 0.25) is 0 Å². The molecule has 0 saturated carbocycles. The Labute approximate surface area is 105 Å². The topological polar surface area (TPSA) is 37.8 Å². The fourth-order valence-corrected chi connectivity index (χ4v) is 3.03. The minimum absolute atomic E-state index is 0.835. The zero-order valence-electron chi connectivity index (χ0n) is 7.94. The Morgan fingerprint density at radius 2 is 2.27 bits per heavy atom. The summed E-state index contributed by atoms with van der Waals surface area (Å²) in [6, 6.07) is 0. The Morgan fingerprint density at radius 3 is 2.93 bits per heavy atom. The van der Waals surface area contributed by atoms with Gasteiger partial charge in [-0.1, -0.05) is 0 Å². The van der Waals surface area contributed by atoms with E-state index in [1.807, 2.05) is 17.8 Å². The quantitative estimate of drug-likeness (QED) is 0.863. The largest absolute Gasteiger partial charge is 0.310 e. The molecule has 15 heavy (non-hydrogen) atoms. The van der Waals surface area contributed by atoms with Gasteiger partial charge in [-0.3, -0.25) is 0 Å². The van der Waals surface area contributed by atoms with E-state index < -0.39 is 0 Å². The molecule has 0 aliphatic heterocycles. The lowest BCUT2D eigenvalue weighted by atomic mass is 10.4. The predicted molar refractivity (Wildman–Crippen MR) is 67.3 cm³/mol. The van der Waals surface area contributed by atoms with Crippen molar-refractivity contribution in [3.05, 3.63) is 31.6 Å². The van der Waals surface area contributed by atoms with Crippen LogP contribution in [0, 0.1) is 0 Å². The molecule has 80 valence electrons. The van der Waals surface area contributed by atoms with Gasteiger partial charge in [-0.05, 0) is 15.9 Å². The number of halogens is 1. The normalized spacial score (nSPS) is 10.7. The van der Waals surface area contributed by atoms with Crippen LogP contribution in [0.1, 0.15) is 10.0 Å². The third kappa shape index (κ3) is 3.64. The summed E-state index contributed by atoms with van der Waals surface area (Å²) in [6.45, 7) is 1.78. The second-order valence-corrected chi connectivity index (χ2v) is 6.38. The van der Waals surface area contributed by atoms with Crippen LogP contribution >= 0.6 is 38.6 Å². The molecule has 3 nitrogen and oxygen atoms in total. The van der Waals surface area contributed by atoms with E-state index in [9.17, 15) is 0 Å². The monoisotopic (exact) mass is 303 g/mol. The summed E-state index contributed by atoms with van der Waals surface area (Å²) in [5, 5.41) is 7.65. The van der Waals surface area contributed by atoms with Crippen molar-refractivity contribution >= 4 is 38.6 Å². The van der Waals surface area contributed by atoms with Gasteiger partial charge in [0.25, 0.3) is 0 Å². The fourth-order valence-electron chi connectivity index (χ4n) is 1.14. The Morgan fingerprint density at radius 1 is 1.33 bits per heavy atom. The zero-order valence-corrected chi connectivity index (χ0v) is 11.2. The van der Waals surface area contributed by atoms with E-state index >= 15 is 0 Å². The van der Waals surface area contributed by atoms with Crippen LogP contribution in [-0.2, 0) is 13.0 Å². The van der Waals surface area contributed by atoms with Crippen molar-refractivity contribution in [3.8, 4) is 0 Å². The third-order valence-corrected chi connectivity index (χ3v) is 4.12. The van der Waals surface area contributed by atoms with Crippen LogP contribution in [0.15, 0.2) is 21.6 Å². The number of hydrogen-bond acceptors (Lipinski definition) is 5. The standard InChI is InChI=1S/C9H10BrN3S2/c10-7-5-13-9(15-7)6-11-2-1-8-12-3-4-14-8/h3-5,11H,1-2,6H2. The minimum atomic E-state index is 0.835. The molecular weight excluding hydrogens is 294 g/mol. The van der Waals surface area contributed by atoms with Crippen molar-refractivity contribution in [1.29, 1.82) is 0 Å². The number of hydrogen-bond donors (Lipinski definition) is 1. The first-order chi connectivity index (χ1) is 7.34. The maximum atomic E-state index is 4.25. The first-order valence-electron chi connectivity index (χ1n) is 4.54. The van der Waals surface area contributed by atoms with Gasteiger partial charge in [0.1, 0.15) is 5.01 Å². The van der Waals surface area contributed by atoms with Crippen LogP contribution in [0.4, 0.5) is 0 Å². The van der Waals surface area contributed by atoms with Crippen molar-refractivity contribution in [2.45, 2.75) is 13.0 Å². The number of aromatic nitrogens is 2. The summed E-state index contributed by atoms with van der Waals surface area (Å²) >= 11 is 6.76. The van der Waals surface area contributed by atoms with Crippen LogP contribution < -0.4 is 5.32 Å². The number of thiazole rings is 2. The average Bonchev–Trinajstić information content (AvgIpc) is 2.84. The first-order valence-corrected chi connectivity index (χ1v) is 7.03. The van der Waals surface area contributed by atoms with Crippen molar-refractivity contribution in [2.75, 3.05) is 6.54 Å². The van der Waals surface area contributed by atoms with E-state index in [4.69, 9.17) is 0 Å². The van der Waals surface area contributed by atoms with E-state index in [2.05, 4.69) is 31.2 Å². The van der Waals surface area contributed by atoms with Gasteiger partial charge in [0.15, 0.2) is 0 Å². The molecule has 1 N–H and O–H groups in total. The molecule has 2 heterocycles. The molecule has 0 aromatic carbocycles. The summed E-state index contributed by atoms with van der Waals surface area (Å²) in [6.07, 6.45) is 4.67.